The van der Waals surface area contributed by atoms with Crippen LogP contribution < -0.4 is 14.8 Å². The molecule has 2 rings (SSSR count). The molecule has 110 valence electrons. The number of benzene rings is 1. The summed E-state index contributed by atoms with van der Waals surface area (Å²) in [6.45, 7) is 4.97. The maximum absolute atomic E-state index is 12.0. The van der Waals surface area contributed by atoms with Crippen LogP contribution in [-0.2, 0) is 0 Å². The Morgan fingerprint density at radius 3 is 2.70 bits per heavy atom. The number of carbonyl (C=O) groups is 1. The van der Waals surface area contributed by atoms with E-state index in [1.807, 2.05) is 0 Å². The van der Waals surface area contributed by atoms with Crippen LogP contribution in [0.5, 0.6) is 11.5 Å². The number of amides is 1. The highest BCUT2D eigenvalue weighted by atomic mass is 16.5. The van der Waals surface area contributed by atoms with Gasteiger partial charge in [0.1, 0.15) is 0 Å². The van der Waals surface area contributed by atoms with Gasteiger partial charge >= 0.3 is 0 Å². The maximum Gasteiger partial charge on any atom is 0.251 e. The largest absolute Gasteiger partial charge is 0.493 e. The molecule has 4 nitrogen and oxygen atoms in total. The molecule has 0 aromatic heterocycles. The van der Waals surface area contributed by atoms with E-state index in [-0.39, 0.29) is 5.91 Å². The molecule has 0 heterocycles. The minimum absolute atomic E-state index is 0.0421. The van der Waals surface area contributed by atoms with E-state index in [4.69, 9.17) is 9.47 Å². The van der Waals surface area contributed by atoms with Crippen LogP contribution in [0.2, 0.25) is 0 Å². The first kappa shape index (κ1) is 14.7. The predicted molar refractivity (Wildman–Crippen MR) is 78.4 cm³/mol. The Kier molecular flexibility index (Phi) is 4.88. The van der Waals surface area contributed by atoms with Crippen molar-refractivity contribution in [2.45, 2.75) is 39.2 Å². The lowest BCUT2D eigenvalue weighted by Gasteiger charge is -2.13. The molecule has 0 bridgehead atoms. The summed E-state index contributed by atoms with van der Waals surface area (Å²) in [6, 6.07) is 5.68. The molecule has 1 amide bonds. The average molecular weight is 277 g/mol. The first-order valence-electron chi connectivity index (χ1n) is 7.22. The lowest BCUT2D eigenvalue weighted by molar-refractivity contribution is 0.0950. The van der Waals surface area contributed by atoms with Gasteiger partial charge in [-0.15, -0.1) is 0 Å². The minimum atomic E-state index is -0.0421. The fourth-order valence-corrected chi connectivity index (χ4v) is 1.83. The maximum atomic E-state index is 12.0. The van der Waals surface area contributed by atoms with Gasteiger partial charge in [-0.3, -0.25) is 4.79 Å². The third-order valence-corrected chi connectivity index (χ3v) is 3.29. The molecule has 0 atom stereocenters. The van der Waals surface area contributed by atoms with E-state index in [9.17, 15) is 4.79 Å². The van der Waals surface area contributed by atoms with Crippen molar-refractivity contribution in [1.82, 2.24) is 5.32 Å². The summed E-state index contributed by atoms with van der Waals surface area (Å²) in [4.78, 5) is 12.0. The van der Waals surface area contributed by atoms with Crippen LogP contribution in [0.4, 0.5) is 0 Å². The van der Waals surface area contributed by atoms with E-state index >= 15 is 0 Å². The number of nitrogens with one attached hydrogen (secondary N) is 1. The zero-order valence-corrected chi connectivity index (χ0v) is 12.4. The van der Waals surface area contributed by atoms with E-state index in [2.05, 4.69) is 19.2 Å². The van der Waals surface area contributed by atoms with E-state index in [1.165, 1.54) is 0 Å². The fraction of sp³-hybridized carbons (Fsp3) is 0.562. The molecule has 1 aromatic rings. The Labute approximate surface area is 120 Å². The van der Waals surface area contributed by atoms with Gasteiger partial charge in [0.15, 0.2) is 11.5 Å². The molecule has 0 radical (unpaired) electrons. The van der Waals surface area contributed by atoms with E-state index in [0.717, 1.165) is 19.3 Å². The zero-order chi connectivity index (χ0) is 14.5. The number of rotatable bonds is 7. The third kappa shape index (κ3) is 4.15. The molecule has 0 aliphatic heterocycles. The molecule has 1 fully saturated rings. The number of ether oxygens (including phenoxy) is 2. The lowest BCUT2D eigenvalue weighted by atomic mass is 10.1. The van der Waals surface area contributed by atoms with E-state index in [0.29, 0.717) is 35.6 Å². The second-order valence-electron chi connectivity index (χ2n) is 5.64. The quantitative estimate of drug-likeness (QED) is 0.833. The fourth-order valence-electron chi connectivity index (χ4n) is 1.83. The summed E-state index contributed by atoms with van der Waals surface area (Å²) in [6.07, 6.45) is 3.16. The summed E-state index contributed by atoms with van der Waals surface area (Å²) in [5, 5.41) is 2.96. The lowest BCUT2D eigenvalue weighted by Crippen LogP contribution is -2.25. The van der Waals surface area contributed by atoms with Gasteiger partial charge < -0.3 is 14.8 Å². The van der Waals surface area contributed by atoms with Gasteiger partial charge in [-0.05, 0) is 43.4 Å². The Morgan fingerprint density at radius 2 is 2.10 bits per heavy atom. The Hall–Kier alpha value is -1.71. The van der Waals surface area contributed by atoms with Gasteiger partial charge in [0.05, 0.1) is 13.7 Å². The molecular formula is C16H23NO3. The van der Waals surface area contributed by atoms with Crippen LogP contribution in [0, 0.1) is 5.92 Å². The number of hydrogen-bond acceptors (Lipinski definition) is 3. The third-order valence-electron chi connectivity index (χ3n) is 3.29. The van der Waals surface area contributed by atoms with Crippen molar-refractivity contribution in [3.8, 4) is 11.5 Å². The van der Waals surface area contributed by atoms with Crippen LogP contribution in [0.25, 0.3) is 0 Å². The summed E-state index contributed by atoms with van der Waals surface area (Å²) in [5.41, 5.74) is 0.616. The van der Waals surface area contributed by atoms with Crippen molar-refractivity contribution in [2.24, 2.45) is 5.92 Å². The topological polar surface area (TPSA) is 47.6 Å². The van der Waals surface area contributed by atoms with Crippen LogP contribution in [0.1, 0.15) is 43.5 Å². The molecular weight excluding hydrogens is 254 g/mol. The number of carbonyl (C=O) groups excluding carboxylic acids is 1. The first-order chi connectivity index (χ1) is 9.60. The highest BCUT2D eigenvalue weighted by molar-refractivity contribution is 5.95. The van der Waals surface area contributed by atoms with Crippen LogP contribution in [0.15, 0.2) is 18.2 Å². The summed E-state index contributed by atoms with van der Waals surface area (Å²) >= 11 is 0. The van der Waals surface area contributed by atoms with Gasteiger partial charge in [0.25, 0.3) is 5.91 Å². The predicted octanol–water partition coefficient (Wildman–Crippen LogP) is 3.01. The SMILES string of the molecule is COc1cc(C(=O)NC2CC2)ccc1OCCC(C)C. The van der Waals surface area contributed by atoms with Crippen molar-refractivity contribution < 1.29 is 14.3 Å². The van der Waals surface area contributed by atoms with Crippen LogP contribution >= 0.6 is 0 Å². The molecule has 20 heavy (non-hydrogen) atoms. The summed E-state index contributed by atoms with van der Waals surface area (Å²) in [5.74, 6) is 1.86. The van der Waals surface area contributed by atoms with E-state index in [1.54, 1.807) is 25.3 Å². The molecule has 1 N–H and O–H groups in total. The van der Waals surface area contributed by atoms with Gasteiger partial charge in [-0.1, -0.05) is 13.8 Å². The van der Waals surface area contributed by atoms with Crippen molar-refractivity contribution in [1.29, 1.82) is 0 Å². The number of methoxy groups -OCH3 is 1. The molecule has 1 aliphatic carbocycles. The molecule has 0 unspecified atom stereocenters. The Balaban J connectivity index is 2.00. The second kappa shape index (κ2) is 6.64. The number of hydrogen-bond donors (Lipinski definition) is 1. The minimum Gasteiger partial charge on any atom is -0.493 e. The Bertz CT molecular complexity index is 467. The summed E-state index contributed by atoms with van der Waals surface area (Å²) in [7, 11) is 1.59. The van der Waals surface area contributed by atoms with Crippen LogP contribution in [-0.4, -0.2) is 25.7 Å². The molecule has 1 aliphatic rings. The molecule has 0 spiro atoms. The Morgan fingerprint density at radius 1 is 1.35 bits per heavy atom. The van der Waals surface area contributed by atoms with Gasteiger partial charge in [-0.25, -0.2) is 0 Å². The van der Waals surface area contributed by atoms with Crippen molar-refractivity contribution in [3.05, 3.63) is 23.8 Å². The second-order valence-corrected chi connectivity index (χ2v) is 5.64. The standard InChI is InChI=1S/C16H23NO3/c1-11(2)8-9-20-14-7-4-12(10-15(14)19-3)16(18)17-13-5-6-13/h4,7,10-11,13H,5-6,8-9H2,1-3H3,(H,17,18). The molecule has 1 aromatic carbocycles. The summed E-state index contributed by atoms with van der Waals surface area (Å²) < 4.78 is 11.0. The molecule has 4 heteroatoms. The van der Waals surface area contributed by atoms with Crippen molar-refractivity contribution >= 4 is 5.91 Å². The van der Waals surface area contributed by atoms with Crippen molar-refractivity contribution in [3.63, 3.8) is 0 Å². The van der Waals surface area contributed by atoms with Crippen molar-refractivity contribution in [2.75, 3.05) is 13.7 Å². The molecule has 1 saturated carbocycles. The first-order valence-corrected chi connectivity index (χ1v) is 7.22. The monoisotopic (exact) mass is 277 g/mol. The van der Waals surface area contributed by atoms with Gasteiger partial charge in [0, 0.05) is 11.6 Å². The van der Waals surface area contributed by atoms with Crippen LogP contribution in [0.3, 0.4) is 0 Å². The zero-order valence-electron chi connectivity index (χ0n) is 12.4. The highest BCUT2D eigenvalue weighted by Crippen LogP contribution is 2.29. The average Bonchev–Trinajstić information content (AvgIpc) is 3.22. The highest BCUT2D eigenvalue weighted by Gasteiger charge is 2.24. The van der Waals surface area contributed by atoms with E-state index < -0.39 is 0 Å². The van der Waals surface area contributed by atoms with Gasteiger partial charge in [0.2, 0.25) is 0 Å². The smallest absolute Gasteiger partial charge is 0.251 e. The van der Waals surface area contributed by atoms with Gasteiger partial charge in [-0.2, -0.15) is 0 Å². The molecule has 0 saturated heterocycles. The normalized spacial score (nSPS) is 14.2.